The lowest BCUT2D eigenvalue weighted by Gasteiger charge is -2.34. The summed E-state index contributed by atoms with van der Waals surface area (Å²) in [5.74, 6) is 1.67. The van der Waals surface area contributed by atoms with Crippen LogP contribution in [0.5, 0.6) is 0 Å². The van der Waals surface area contributed by atoms with E-state index in [0.717, 1.165) is 33.8 Å². The van der Waals surface area contributed by atoms with Crippen LogP contribution in [-0.2, 0) is 5.41 Å². The molecule has 1 atom stereocenters. The molecule has 0 saturated heterocycles. The van der Waals surface area contributed by atoms with E-state index in [4.69, 9.17) is 9.98 Å². The summed E-state index contributed by atoms with van der Waals surface area (Å²) in [6.45, 7) is 0. The molecule has 57 heavy (non-hydrogen) atoms. The van der Waals surface area contributed by atoms with E-state index in [1.165, 1.54) is 64.3 Å². The Hall–Kier alpha value is -6.92. The van der Waals surface area contributed by atoms with Gasteiger partial charge in [0.25, 0.3) is 6.29 Å². The minimum atomic E-state index is -0.512. The standard InChI is InChI=1S/C52H34N4S/c1-4-17-33(18-5-1)49-53-50(40-27-16-26-39-38-25-12-15-30-47(38)57-48(39)40)55-51(54-49)56-45-29-14-11-24-37(45)42-31-41-36-23-10-13-28-43(36)52(44(41)32-46(42)56,34-19-6-2-7-20-34)35-21-8-3-9-22-35/h1-32,51H,(H,53,54,55)/p+1. The summed E-state index contributed by atoms with van der Waals surface area (Å²) < 4.78 is 4.93. The average molecular weight is 748 g/mol. The van der Waals surface area contributed by atoms with Crippen LogP contribution in [0.1, 0.15) is 39.7 Å². The average Bonchev–Trinajstić information content (AvgIpc) is 3.92. The number of thiophene rings is 1. The fourth-order valence-corrected chi connectivity index (χ4v) is 10.9. The number of nitrogens with zero attached hydrogens (tertiary/aromatic N) is 3. The van der Waals surface area contributed by atoms with Gasteiger partial charge >= 0.3 is 0 Å². The van der Waals surface area contributed by atoms with Crippen LogP contribution >= 0.6 is 11.3 Å². The zero-order valence-corrected chi connectivity index (χ0v) is 31.7. The van der Waals surface area contributed by atoms with Crippen molar-refractivity contribution in [1.82, 2.24) is 4.57 Å². The second kappa shape index (κ2) is 12.6. The Labute approximate surface area is 333 Å². The van der Waals surface area contributed by atoms with Gasteiger partial charge in [-0.05, 0) is 75.8 Å². The van der Waals surface area contributed by atoms with Crippen molar-refractivity contribution >= 4 is 65.0 Å². The van der Waals surface area contributed by atoms with Crippen molar-refractivity contribution in [2.45, 2.75) is 11.7 Å². The number of nitrogens with two attached hydrogens (primary N) is 1. The maximum atomic E-state index is 5.62. The fraction of sp³-hybridized carbons (Fsp3) is 0.0385. The number of para-hydroxylation sites is 1. The van der Waals surface area contributed by atoms with Crippen LogP contribution < -0.4 is 5.32 Å². The van der Waals surface area contributed by atoms with Gasteiger partial charge in [0.15, 0.2) is 5.84 Å². The molecule has 0 saturated carbocycles. The molecule has 12 rings (SSSR count). The van der Waals surface area contributed by atoms with Crippen LogP contribution in [-0.4, -0.2) is 16.2 Å². The van der Waals surface area contributed by atoms with E-state index in [-0.39, 0.29) is 6.29 Å². The van der Waals surface area contributed by atoms with E-state index in [1.807, 2.05) is 11.3 Å². The molecule has 8 aromatic carbocycles. The highest BCUT2D eigenvalue weighted by Crippen LogP contribution is 2.57. The Bertz CT molecular complexity index is 3230. The summed E-state index contributed by atoms with van der Waals surface area (Å²) in [4.78, 5) is 11.0. The van der Waals surface area contributed by atoms with Crippen molar-refractivity contribution in [3.63, 3.8) is 0 Å². The number of rotatable bonds is 5. The first-order valence-corrected chi connectivity index (χ1v) is 20.3. The van der Waals surface area contributed by atoms with E-state index in [0.29, 0.717) is 0 Å². The molecule has 2 aliphatic rings. The van der Waals surface area contributed by atoms with E-state index in [1.54, 1.807) is 0 Å². The van der Waals surface area contributed by atoms with Gasteiger partial charge in [0.1, 0.15) is 0 Å². The molecule has 2 N–H and O–H groups in total. The molecule has 0 radical (unpaired) electrons. The summed E-state index contributed by atoms with van der Waals surface area (Å²) in [6.07, 6.45) is -0.357. The zero-order valence-electron chi connectivity index (χ0n) is 30.9. The molecule has 0 fully saturated rings. The second-order valence-electron chi connectivity index (χ2n) is 15.0. The third kappa shape index (κ3) is 4.70. The van der Waals surface area contributed by atoms with Crippen molar-refractivity contribution in [3.05, 3.63) is 228 Å². The van der Waals surface area contributed by atoms with Gasteiger partial charge in [0.05, 0.1) is 22.0 Å². The van der Waals surface area contributed by atoms with Gasteiger partial charge in [-0.1, -0.05) is 152 Å². The third-order valence-corrected chi connectivity index (χ3v) is 13.3. The van der Waals surface area contributed by atoms with Gasteiger partial charge in [-0.2, -0.15) is 9.98 Å². The lowest BCUT2D eigenvalue weighted by atomic mass is 9.67. The van der Waals surface area contributed by atoms with E-state index >= 15 is 0 Å². The van der Waals surface area contributed by atoms with Crippen LogP contribution in [0.2, 0.25) is 0 Å². The minimum Gasteiger partial charge on any atom is -0.271 e. The van der Waals surface area contributed by atoms with Gasteiger partial charge < -0.3 is 0 Å². The molecule has 1 unspecified atom stereocenters. The molecule has 2 aromatic heterocycles. The molecule has 1 aliphatic carbocycles. The number of hydrogen-bond acceptors (Lipinski definition) is 3. The van der Waals surface area contributed by atoms with E-state index in [9.17, 15) is 0 Å². The topological polar surface area (TPSA) is 46.3 Å². The van der Waals surface area contributed by atoms with Crippen molar-refractivity contribution in [1.29, 1.82) is 0 Å². The summed E-state index contributed by atoms with van der Waals surface area (Å²) >= 11 is 1.82. The summed E-state index contributed by atoms with van der Waals surface area (Å²) in [5, 5.41) is 7.19. The van der Waals surface area contributed by atoms with Crippen LogP contribution in [0.25, 0.3) is 53.1 Å². The molecule has 0 spiro atoms. The molecule has 3 heterocycles. The van der Waals surface area contributed by atoms with Crippen LogP contribution in [0.15, 0.2) is 204 Å². The highest BCUT2D eigenvalue weighted by atomic mass is 32.1. The Kier molecular flexibility index (Phi) is 7.12. The molecule has 4 nitrogen and oxygen atoms in total. The number of quaternary nitrogens is 1. The van der Waals surface area contributed by atoms with Crippen LogP contribution in [0.3, 0.4) is 0 Å². The largest absolute Gasteiger partial charge is 0.272 e. The van der Waals surface area contributed by atoms with Crippen molar-refractivity contribution in [2.24, 2.45) is 9.98 Å². The molecule has 1 aliphatic heterocycles. The minimum absolute atomic E-state index is 0.357. The quantitative estimate of drug-likeness (QED) is 0.182. The van der Waals surface area contributed by atoms with Crippen molar-refractivity contribution in [2.75, 3.05) is 0 Å². The predicted molar refractivity (Wildman–Crippen MR) is 237 cm³/mol. The number of amidine groups is 2. The second-order valence-corrected chi connectivity index (χ2v) is 16.1. The van der Waals surface area contributed by atoms with Gasteiger partial charge in [-0.25, -0.2) is 0 Å². The molecule has 268 valence electrons. The zero-order chi connectivity index (χ0) is 37.5. The van der Waals surface area contributed by atoms with Gasteiger partial charge in [0, 0.05) is 36.5 Å². The monoisotopic (exact) mass is 747 g/mol. The maximum Gasteiger partial charge on any atom is 0.272 e. The highest BCUT2D eigenvalue weighted by molar-refractivity contribution is 7.26. The molecule has 0 bridgehead atoms. The first-order chi connectivity index (χ1) is 28.3. The lowest BCUT2D eigenvalue weighted by molar-refractivity contribution is -0.603. The van der Waals surface area contributed by atoms with Gasteiger partial charge in [-0.15, -0.1) is 11.3 Å². The Morgan fingerprint density at radius 1 is 0.491 bits per heavy atom. The first kappa shape index (κ1) is 32.3. The van der Waals surface area contributed by atoms with Crippen molar-refractivity contribution in [3.8, 4) is 11.1 Å². The number of benzene rings is 8. The molecule has 10 aromatic rings. The molecule has 0 amide bonds. The van der Waals surface area contributed by atoms with E-state index < -0.39 is 5.41 Å². The molecular formula is C52H35N4S+. The Balaban J connectivity index is 1.15. The lowest BCUT2D eigenvalue weighted by Crippen LogP contribution is -2.91. The third-order valence-electron chi connectivity index (χ3n) is 12.1. The van der Waals surface area contributed by atoms with Gasteiger partial charge in [-0.3, -0.25) is 9.88 Å². The Morgan fingerprint density at radius 3 is 1.91 bits per heavy atom. The van der Waals surface area contributed by atoms with Crippen LogP contribution in [0, 0.1) is 0 Å². The SMILES string of the molecule is c1ccc(C2=NC(c3cccc4c3sc3ccccc34)=NC(n3c4ccccc4c4cc5c(cc43)C(c3ccccc3)(c3ccccc3)c3ccccc3-5)[NH2+]2)cc1. The summed E-state index contributed by atoms with van der Waals surface area (Å²) in [6, 6.07) is 70.6. The predicted octanol–water partition coefficient (Wildman–Crippen LogP) is 11.5. The smallest absolute Gasteiger partial charge is 0.271 e. The first-order valence-electron chi connectivity index (χ1n) is 19.5. The van der Waals surface area contributed by atoms with Gasteiger partial charge in [0.2, 0.25) is 5.84 Å². The number of fused-ring (bicyclic) bond motifs is 9. The number of hydrogen-bond donors (Lipinski definition) is 1. The maximum absolute atomic E-state index is 5.62. The highest BCUT2D eigenvalue weighted by Gasteiger charge is 2.46. The number of aromatic nitrogens is 1. The van der Waals surface area contributed by atoms with Crippen molar-refractivity contribution < 1.29 is 5.32 Å². The summed E-state index contributed by atoms with van der Waals surface area (Å²) in [5.41, 5.74) is 11.6. The fourth-order valence-electron chi connectivity index (χ4n) is 9.66. The Morgan fingerprint density at radius 2 is 1.12 bits per heavy atom. The number of aliphatic imine (C=N–C) groups is 2. The molecular weight excluding hydrogens is 713 g/mol. The summed E-state index contributed by atoms with van der Waals surface area (Å²) in [7, 11) is 0. The normalized spacial score (nSPS) is 15.8. The molecule has 5 heteroatoms. The van der Waals surface area contributed by atoms with E-state index in [2.05, 4.69) is 204 Å². The van der Waals surface area contributed by atoms with Crippen LogP contribution in [0.4, 0.5) is 0 Å².